The number of piperidine rings is 3. The smallest absolute Gasteiger partial charge is 0.125 e. The Kier molecular flexibility index (Phi) is 2.83. The first-order valence-corrected chi connectivity index (χ1v) is 6.69. The van der Waals surface area contributed by atoms with Crippen molar-refractivity contribution in [2.45, 2.75) is 32.8 Å². The zero-order chi connectivity index (χ0) is 11.8. The van der Waals surface area contributed by atoms with E-state index in [0.717, 1.165) is 18.2 Å². The summed E-state index contributed by atoms with van der Waals surface area (Å²) in [5, 5.41) is 0. The van der Waals surface area contributed by atoms with Gasteiger partial charge < -0.3 is 4.74 Å². The van der Waals surface area contributed by atoms with Gasteiger partial charge >= 0.3 is 0 Å². The van der Waals surface area contributed by atoms with Gasteiger partial charge in [0, 0.05) is 6.54 Å². The van der Waals surface area contributed by atoms with Crippen molar-refractivity contribution in [2.75, 3.05) is 19.6 Å². The van der Waals surface area contributed by atoms with Crippen molar-refractivity contribution >= 4 is 0 Å². The fourth-order valence-electron chi connectivity index (χ4n) is 3.18. The lowest BCUT2D eigenvalue weighted by molar-refractivity contribution is -0.00838. The van der Waals surface area contributed by atoms with Gasteiger partial charge in [0.1, 0.15) is 11.9 Å². The van der Waals surface area contributed by atoms with E-state index in [-0.39, 0.29) is 0 Å². The average molecular weight is 231 g/mol. The Morgan fingerprint density at radius 1 is 1.12 bits per heavy atom. The van der Waals surface area contributed by atoms with Crippen LogP contribution in [0.5, 0.6) is 5.75 Å². The summed E-state index contributed by atoms with van der Waals surface area (Å²) in [5.41, 5.74) is 2.53. The maximum atomic E-state index is 6.31. The lowest BCUT2D eigenvalue weighted by atomic mass is 9.86. The third-order valence-electron chi connectivity index (χ3n) is 4.27. The molecule has 0 aromatic heterocycles. The van der Waals surface area contributed by atoms with Crippen LogP contribution in [0.1, 0.15) is 24.0 Å². The molecule has 3 saturated heterocycles. The summed E-state index contributed by atoms with van der Waals surface area (Å²) < 4.78 is 6.31. The minimum atomic E-state index is 0.414. The molecule has 0 aliphatic carbocycles. The Bertz CT molecular complexity index is 387. The van der Waals surface area contributed by atoms with Crippen LogP contribution in [0.4, 0.5) is 0 Å². The summed E-state index contributed by atoms with van der Waals surface area (Å²) in [6.45, 7) is 7.96. The van der Waals surface area contributed by atoms with Gasteiger partial charge in [0.2, 0.25) is 0 Å². The maximum absolute atomic E-state index is 6.31. The lowest BCUT2D eigenvalue weighted by Gasteiger charge is -2.44. The van der Waals surface area contributed by atoms with Gasteiger partial charge in [-0.05, 0) is 56.8 Å². The number of hydrogen-bond donors (Lipinski definition) is 0. The highest BCUT2D eigenvalue weighted by atomic mass is 16.5. The molecule has 92 valence electrons. The Hall–Kier alpha value is -1.02. The van der Waals surface area contributed by atoms with Gasteiger partial charge in [0.15, 0.2) is 0 Å². The number of rotatable bonds is 2. The molecule has 0 unspecified atom stereocenters. The SMILES string of the molecule is Cc1cccc(C)c1O[C@@H]1CN2CCC1CC2. The van der Waals surface area contributed by atoms with Gasteiger partial charge in [-0.3, -0.25) is 4.90 Å². The Balaban J connectivity index is 1.79. The third-order valence-corrected chi connectivity index (χ3v) is 4.27. The minimum absolute atomic E-state index is 0.414. The van der Waals surface area contributed by atoms with Crippen LogP contribution in [0.25, 0.3) is 0 Å². The largest absolute Gasteiger partial charge is 0.488 e. The predicted molar refractivity (Wildman–Crippen MR) is 69.5 cm³/mol. The van der Waals surface area contributed by atoms with Crippen molar-refractivity contribution in [3.8, 4) is 5.75 Å². The molecule has 0 spiro atoms. The van der Waals surface area contributed by atoms with E-state index < -0.39 is 0 Å². The summed E-state index contributed by atoms with van der Waals surface area (Å²) in [7, 11) is 0. The van der Waals surface area contributed by atoms with Crippen LogP contribution in [0.2, 0.25) is 0 Å². The molecule has 0 saturated carbocycles. The molecule has 1 atom stereocenters. The van der Waals surface area contributed by atoms with Crippen molar-refractivity contribution < 1.29 is 4.74 Å². The van der Waals surface area contributed by atoms with Crippen LogP contribution in [0, 0.1) is 19.8 Å². The van der Waals surface area contributed by atoms with E-state index >= 15 is 0 Å². The van der Waals surface area contributed by atoms with Crippen LogP contribution >= 0.6 is 0 Å². The van der Waals surface area contributed by atoms with Crippen molar-refractivity contribution in [3.63, 3.8) is 0 Å². The Labute approximate surface area is 104 Å². The van der Waals surface area contributed by atoms with E-state index in [2.05, 4.69) is 36.9 Å². The number of nitrogens with zero attached hydrogens (tertiary/aromatic N) is 1. The van der Waals surface area contributed by atoms with Crippen LogP contribution in [-0.2, 0) is 0 Å². The number of ether oxygens (including phenoxy) is 1. The second-order valence-electron chi connectivity index (χ2n) is 5.52. The number of aryl methyl sites for hydroxylation is 2. The fourth-order valence-corrected chi connectivity index (χ4v) is 3.18. The predicted octanol–water partition coefficient (Wildman–Crippen LogP) is 2.78. The van der Waals surface area contributed by atoms with E-state index in [1.165, 1.54) is 37.1 Å². The van der Waals surface area contributed by atoms with Crippen LogP contribution in [-0.4, -0.2) is 30.6 Å². The van der Waals surface area contributed by atoms with Crippen molar-refractivity contribution in [1.82, 2.24) is 4.90 Å². The molecule has 1 aromatic rings. The quantitative estimate of drug-likeness (QED) is 0.776. The van der Waals surface area contributed by atoms with Crippen LogP contribution in [0.15, 0.2) is 18.2 Å². The number of benzene rings is 1. The van der Waals surface area contributed by atoms with Gasteiger partial charge in [-0.1, -0.05) is 18.2 Å². The standard InChI is InChI=1S/C15H21NO/c1-11-4-3-5-12(2)15(11)17-14-10-16-8-6-13(14)7-9-16/h3-5,13-14H,6-10H2,1-2H3/t14-/m1/s1. The van der Waals surface area contributed by atoms with E-state index in [9.17, 15) is 0 Å². The lowest BCUT2D eigenvalue weighted by Crippen LogP contribution is -2.52. The van der Waals surface area contributed by atoms with Crippen LogP contribution in [0.3, 0.4) is 0 Å². The van der Waals surface area contributed by atoms with Gasteiger partial charge in [-0.15, -0.1) is 0 Å². The number of hydrogen-bond acceptors (Lipinski definition) is 2. The Morgan fingerprint density at radius 2 is 1.76 bits per heavy atom. The van der Waals surface area contributed by atoms with E-state index in [4.69, 9.17) is 4.74 Å². The summed E-state index contributed by atoms with van der Waals surface area (Å²) in [6.07, 6.45) is 3.04. The Morgan fingerprint density at radius 3 is 2.29 bits per heavy atom. The number of fused-ring (bicyclic) bond motifs is 3. The summed E-state index contributed by atoms with van der Waals surface area (Å²) in [6, 6.07) is 6.39. The van der Waals surface area contributed by atoms with Gasteiger partial charge in [0.05, 0.1) is 0 Å². The molecule has 3 fully saturated rings. The zero-order valence-electron chi connectivity index (χ0n) is 10.8. The van der Waals surface area contributed by atoms with Crippen molar-refractivity contribution in [1.29, 1.82) is 0 Å². The van der Waals surface area contributed by atoms with E-state index in [1.54, 1.807) is 0 Å². The molecule has 3 heterocycles. The monoisotopic (exact) mass is 231 g/mol. The molecule has 0 radical (unpaired) electrons. The molecule has 2 nitrogen and oxygen atoms in total. The molecule has 4 rings (SSSR count). The first-order chi connectivity index (χ1) is 8.24. The highest BCUT2D eigenvalue weighted by molar-refractivity contribution is 5.40. The summed E-state index contributed by atoms with van der Waals surface area (Å²) in [5.74, 6) is 1.89. The molecule has 0 N–H and O–H groups in total. The molecular weight excluding hydrogens is 210 g/mol. The normalized spacial score (nSPS) is 31.5. The molecular formula is C15H21NO. The zero-order valence-corrected chi connectivity index (χ0v) is 10.8. The van der Waals surface area contributed by atoms with Crippen molar-refractivity contribution in [2.24, 2.45) is 5.92 Å². The first kappa shape index (κ1) is 11.1. The average Bonchev–Trinajstić information content (AvgIpc) is 2.36. The summed E-state index contributed by atoms with van der Waals surface area (Å²) >= 11 is 0. The first-order valence-electron chi connectivity index (χ1n) is 6.69. The van der Waals surface area contributed by atoms with Gasteiger partial charge in [-0.25, -0.2) is 0 Å². The number of para-hydroxylation sites is 1. The molecule has 2 heteroatoms. The molecule has 2 bridgehead atoms. The molecule has 3 aliphatic rings. The molecule has 1 aromatic carbocycles. The van der Waals surface area contributed by atoms with Crippen LogP contribution < -0.4 is 4.74 Å². The van der Waals surface area contributed by atoms with Gasteiger partial charge in [-0.2, -0.15) is 0 Å². The third kappa shape index (κ3) is 2.06. The second-order valence-corrected chi connectivity index (χ2v) is 5.52. The van der Waals surface area contributed by atoms with Gasteiger partial charge in [0.25, 0.3) is 0 Å². The molecule has 0 amide bonds. The summed E-state index contributed by atoms with van der Waals surface area (Å²) in [4.78, 5) is 2.54. The maximum Gasteiger partial charge on any atom is 0.125 e. The highest BCUT2D eigenvalue weighted by Crippen LogP contribution is 2.32. The molecule has 17 heavy (non-hydrogen) atoms. The molecule has 3 aliphatic heterocycles. The second kappa shape index (κ2) is 4.34. The fraction of sp³-hybridized carbons (Fsp3) is 0.600. The van der Waals surface area contributed by atoms with E-state index in [0.29, 0.717) is 6.10 Å². The highest BCUT2D eigenvalue weighted by Gasteiger charge is 2.35. The van der Waals surface area contributed by atoms with E-state index in [1.807, 2.05) is 0 Å². The van der Waals surface area contributed by atoms with Crippen molar-refractivity contribution in [3.05, 3.63) is 29.3 Å². The minimum Gasteiger partial charge on any atom is -0.488 e. The topological polar surface area (TPSA) is 12.5 Å².